The molecular formula is C87H128N4O22. The van der Waals surface area contributed by atoms with Crippen LogP contribution >= 0.6 is 0 Å². The van der Waals surface area contributed by atoms with Crippen molar-refractivity contribution in [1.82, 2.24) is 21.3 Å². The molecule has 26 heteroatoms. The van der Waals surface area contributed by atoms with E-state index in [1.807, 2.05) is 78.0 Å². The summed E-state index contributed by atoms with van der Waals surface area (Å²) < 4.78 is 92.2. The monoisotopic (exact) mass is 1580 g/mol. The molecule has 0 aromatic rings. The van der Waals surface area contributed by atoms with E-state index in [0.29, 0.717) is 54.4 Å². The molecule has 10 aliphatic heterocycles. The number of amides is 4. The number of hydrogen-bond donors (Lipinski definition) is 8. The maximum Gasteiger partial charge on any atom is 0.316 e. The summed E-state index contributed by atoms with van der Waals surface area (Å²) in [4.78, 5) is 56.5. The second kappa shape index (κ2) is 36.6. The first kappa shape index (κ1) is 86.6. The van der Waals surface area contributed by atoms with Crippen molar-refractivity contribution in [1.29, 1.82) is 0 Å². The van der Waals surface area contributed by atoms with Gasteiger partial charge in [0.2, 0.25) is 0 Å². The molecule has 628 valence electrons. The summed E-state index contributed by atoms with van der Waals surface area (Å²) in [5.41, 5.74) is -0.105. The topological polar surface area (TPSA) is 327 Å². The van der Waals surface area contributed by atoms with Crippen LogP contribution in [0, 0.1) is 47.3 Å². The third-order valence-electron chi connectivity index (χ3n) is 26.2. The van der Waals surface area contributed by atoms with Gasteiger partial charge in [0.1, 0.15) is 59.7 Å². The van der Waals surface area contributed by atoms with Crippen molar-refractivity contribution in [3.63, 3.8) is 0 Å². The molecule has 10 heterocycles. The van der Waals surface area contributed by atoms with E-state index in [2.05, 4.69) is 87.1 Å². The minimum absolute atomic E-state index is 0.0136. The quantitative estimate of drug-likeness (QED) is 0.0405. The van der Waals surface area contributed by atoms with E-state index in [1.54, 1.807) is 52.4 Å². The van der Waals surface area contributed by atoms with Gasteiger partial charge in [0.15, 0.2) is 24.2 Å². The van der Waals surface area contributed by atoms with Crippen LogP contribution in [-0.2, 0) is 75.9 Å². The van der Waals surface area contributed by atoms with Crippen LogP contribution in [0.15, 0.2) is 119 Å². The minimum atomic E-state index is -1.89. The van der Waals surface area contributed by atoms with Crippen LogP contribution in [0.2, 0.25) is 0 Å². The summed E-state index contributed by atoms with van der Waals surface area (Å²) in [7, 11) is 3.18. The molecule has 2 spiro atoms. The van der Waals surface area contributed by atoms with Crippen LogP contribution in [0.25, 0.3) is 0 Å². The number of rotatable bonds is 16. The van der Waals surface area contributed by atoms with Gasteiger partial charge in [-0.05, 0) is 118 Å². The van der Waals surface area contributed by atoms with Gasteiger partial charge in [-0.1, -0.05) is 141 Å². The zero-order valence-electron chi connectivity index (χ0n) is 69.0. The Kier molecular flexibility index (Phi) is 28.1. The molecule has 12 aliphatic rings. The second-order valence-corrected chi connectivity index (χ2v) is 34.4. The summed E-state index contributed by atoms with van der Waals surface area (Å²) in [5, 5.41) is 60.1. The lowest BCUT2D eigenvalue weighted by molar-refractivity contribution is -0.301. The molecular weight excluding hydrogens is 1450 g/mol. The normalized spacial score (nSPS) is 45.8. The van der Waals surface area contributed by atoms with Crippen LogP contribution in [0.3, 0.4) is 0 Å². The van der Waals surface area contributed by atoms with Crippen molar-refractivity contribution in [2.24, 2.45) is 47.3 Å². The fraction of sp³-hybridized carbons (Fsp3) is 0.724. The van der Waals surface area contributed by atoms with Gasteiger partial charge in [0.05, 0.1) is 86.3 Å². The average Bonchev–Trinajstić information content (AvgIpc) is 1.62. The smallest absolute Gasteiger partial charge is 0.316 e. The van der Waals surface area contributed by atoms with E-state index in [1.165, 1.54) is 0 Å². The van der Waals surface area contributed by atoms with Crippen LogP contribution < -0.4 is 21.3 Å². The first-order valence-corrected chi connectivity index (χ1v) is 41.6. The number of aliphatic hydroxyl groups is 4. The molecule has 0 radical (unpaired) electrons. The van der Waals surface area contributed by atoms with E-state index in [4.69, 9.17) is 66.3 Å². The standard InChI is InChI=1S/C87H128N4O22/c1-17-46(3)76-52(9)30-32-84(112-76)42-62-38-60(110-84)28-26-50(7)74(48(5)22-19-24-58-44-102-78-72(92)54(11)36-64(80(94)106-62)86(58,78)98)108-68-40-66(100-15)70(56(13)104-68)90-82(96)88-34-21-35-89-83(97)91-71-57(14)105-69(41-67(71)101-16)109-75-49(6)23-20-25-59-45-103-79-73(93)55(12)37-65(87(59,79)99)81(95)107-63-39-61(29-27-51(75)8)111-85(43-63)33-31-53(10)77(113-85)47(4)18-2/h19-20,22-27,30-33,36-37,46-49,52-53,56-57,60-79,92-93,98-99H,17-18,21,28-29,34-35,38-45H2,1-16H3,(H2,88,90,96)(H2,89,91,97)/b22-19+,23-20+,50-26+,51-27+,58-24+,59-25+/t46?,47?,48-,49-,52-,53-,56-,57-,60+,61+,62-,63-,64-,65-,66-,67-,68-,69-,70-,71-,72+,73+,74-,75-,76+,77+,78+,79+,84+,85+,86+,87+/m0/s1. The fourth-order valence-corrected chi connectivity index (χ4v) is 19.1. The number of fused-ring (bicyclic) bond motifs is 4. The van der Waals surface area contributed by atoms with Crippen molar-refractivity contribution in [3.8, 4) is 0 Å². The largest absolute Gasteiger partial charge is 0.462 e. The number of nitrogens with one attached hydrogen (secondary N) is 4. The van der Waals surface area contributed by atoms with Crippen LogP contribution in [0.4, 0.5) is 9.59 Å². The number of esters is 2. The Morgan fingerprint density at radius 1 is 0.549 bits per heavy atom. The highest BCUT2D eigenvalue weighted by molar-refractivity contribution is 5.80. The van der Waals surface area contributed by atoms with E-state index in [9.17, 15) is 39.6 Å². The summed E-state index contributed by atoms with van der Waals surface area (Å²) in [6.07, 6.45) is 19.9. The average molecular weight is 1580 g/mol. The first-order chi connectivity index (χ1) is 53.8. The van der Waals surface area contributed by atoms with Crippen molar-refractivity contribution >= 4 is 24.0 Å². The first-order valence-electron chi connectivity index (χ1n) is 41.6. The lowest BCUT2D eigenvalue weighted by Crippen LogP contribution is -2.59. The van der Waals surface area contributed by atoms with Gasteiger partial charge in [0, 0.05) is 89.5 Å². The molecule has 12 rings (SSSR count). The summed E-state index contributed by atoms with van der Waals surface area (Å²) in [6.45, 7) is 28.6. The van der Waals surface area contributed by atoms with Crippen LogP contribution in [0.5, 0.6) is 0 Å². The molecule has 8 N–H and O–H groups in total. The predicted octanol–water partition coefficient (Wildman–Crippen LogP) is 9.70. The molecule has 2 unspecified atom stereocenters. The molecule has 0 saturated carbocycles. The summed E-state index contributed by atoms with van der Waals surface area (Å²) in [6, 6.07) is -2.01. The molecule has 26 nitrogen and oxygen atoms in total. The van der Waals surface area contributed by atoms with Gasteiger partial charge in [-0.15, -0.1) is 0 Å². The molecule has 4 bridgehead atoms. The van der Waals surface area contributed by atoms with Crippen LogP contribution in [0.1, 0.15) is 168 Å². The highest BCUT2D eigenvalue weighted by Crippen LogP contribution is 2.50. The highest BCUT2D eigenvalue weighted by Gasteiger charge is 2.62. The van der Waals surface area contributed by atoms with Crippen LogP contribution in [-0.4, -0.2) is 230 Å². The van der Waals surface area contributed by atoms with Crippen molar-refractivity contribution < 1.29 is 106 Å². The molecule has 0 aromatic heterocycles. The zero-order chi connectivity index (χ0) is 81.2. The molecule has 6 saturated heterocycles. The number of ether oxygens (including phenoxy) is 14. The van der Waals surface area contributed by atoms with Gasteiger partial charge in [-0.3, -0.25) is 9.59 Å². The van der Waals surface area contributed by atoms with E-state index >= 15 is 0 Å². The number of methoxy groups -OCH3 is 2. The highest BCUT2D eigenvalue weighted by atomic mass is 16.7. The van der Waals surface area contributed by atoms with E-state index in [0.717, 1.165) is 24.0 Å². The Labute approximate surface area is 667 Å². The minimum Gasteiger partial charge on any atom is -0.462 e. The van der Waals surface area contributed by atoms with Crippen molar-refractivity contribution in [2.75, 3.05) is 40.5 Å². The van der Waals surface area contributed by atoms with Gasteiger partial charge in [-0.2, -0.15) is 0 Å². The number of urea groups is 2. The zero-order valence-corrected chi connectivity index (χ0v) is 69.0. The Morgan fingerprint density at radius 2 is 0.947 bits per heavy atom. The second-order valence-electron chi connectivity index (χ2n) is 34.4. The van der Waals surface area contributed by atoms with Gasteiger partial charge in [-0.25, -0.2) is 9.59 Å². The summed E-state index contributed by atoms with van der Waals surface area (Å²) in [5.74, 6) is -5.75. The number of aliphatic hydroxyl groups excluding tert-OH is 2. The molecule has 6 fully saturated rings. The predicted molar refractivity (Wildman–Crippen MR) is 419 cm³/mol. The number of carbonyl (C=O) groups is 4. The van der Waals surface area contributed by atoms with Gasteiger partial charge in [0.25, 0.3) is 0 Å². The lowest BCUT2D eigenvalue weighted by Gasteiger charge is -2.48. The third kappa shape index (κ3) is 18.7. The fourth-order valence-electron chi connectivity index (χ4n) is 19.1. The number of hydrogen-bond acceptors (Lipinski definition) is 22. The lowest BCUT2D eigenvalue weighted by atomic mass is 9.71. The van der Waals surface area contributed by atoms with Crippen molar-refractivity contribution in [3.05, 3.63) is 119 Å². The molecule has 113 heavy (non-hydrogen) atoms. The Balaban J connectivity index is 0.653. The van der Waals surface area contributed by atoms with Gasteiger partial charge < -0.3 is 108 Å². The van der Waals surface area contributed by atoms with E-state index in [-0.39, 0.29) is 99.7 Å². The molecule has 0 aromatic carbocycles. The Hall–Kier alpha value is -5.76. The Morgan fingerprint density at radius 3 is 1.33 bits per heavy atom. The number of carbonyl (C=O) groups excluding carboxylic acids is 4. The molecule has 2 aliphatic carbocycles. The maximum absolute atomic E-state index is 14.5. The maximum atomic E-state index is 14.5. The SMILES string of the molecule is CCC(C)[C@H]1O[C@]2(C=C[C@@H]1C)C[C@@H]1C[C@@H](C/C=C(\C)[C@@H](O[C@H]3C[C@H](OC)[C@@H](NC(=O)NCCCNC(=O)N[C@H]4[C@H](C)O[C@@H](O[C@@H]5/C(C)=C/C[C@@H]6C[C@@H](C[C@]7(C=C[C@H](C)[C@@H](C(C)CC)O7)O6)OC(=O)[C@@H]6C=C(C)[C@@H](O)[C@H]7OC/C(=C\C=C\[C@@H]5C)[C@]76O)C[C@@H]4OC)[C@H](C)O3)[C@@H](C)/C=C/C=C3\CO[C@@H]4[C@H](O)C(C)=C[C@@H](C(=O)O1)[C@]34O)O2. The van der Waals surface area contributed by atoms with Gasteiger partial charge >= 0.3 is 24.0 Å². The summed E-state index contributed by atoms with van der Waals surface area (Å²) >= 11 is 0. The Bertz CT molecular complexity index is 3470. The van der Waals surface area contributed by atoms with E-state index < -0.39 is 169 Å². The molecule has 32 atom stereocenters. The third-order valence-corrected chi connectivity index (χ3v) is 26.2. The molecule has 4 amide bonds. The van der Waals surface area contributed by atoms with Crippen molar-refractivity contribution in [2.45, 2.75) is 313 Å². The number of allylic oxidation sites excluding steroid dienone is 4.